The van der Waals surface area contributed by atoms with Crippen LogP contribution in [-0.2, 0) is 8.88 Å². The molecule has 44 valence electrons. The summed E-state index contributed by atoms with van der Waals surface area (Å²) in [5, 5.41) is 0. The fourth-order valence-electron chi connectivity index (χ4n) is 0.0532. The molecule has 0 aliphatic carbocycles. The molecule has 1 atom stereocenters. The average Bonchev–Trinajstić information content (AvgIpc) is 1.30. The van der Waals surface area contributed by atoms with Crippen LogP contribution in [0.2, 0.25) is 0 Å². The Morgan fingerprint density at radius 1 is 1.57 bits per heavy atom. The number of hydrogen-bond donors (Lipinski definition) is 3. The van der Waals surface area contributed by atoms with Crippen molar-refractivity contribution < 1.29 is 23.6 Å². The van der Waals surface area contributed by atoms with E-state index in [1.165, 1.54) is 0 Å². The van der Waals surface area contributed by atoms with Gasteiger partial charge in [-0.15, -0.1) is 0 Å². The van der Waals surface area contributed by atoms with Crippen molar-refractivity contribution in [2.75, 3.05) is 0 Å². The lowest BCUT2D eigenvalue weighted by molar-refractivity contribution is 0.287. The molecule has 0 saturated heterocycles. The van der Waals surface area contributed by atoms with E-state index in [-0.39, 0.29) is 0 Å². The molecule has 3 N–H and O–H groups in total. The van der Waals surface area contributed by atoms with Crippen LogP contribution in [0.4, 0.5) is 0 Å². The van der Waals surface area contributed by atoms with Crippen molar-refractivity contribution in [3.63, 3.8) is 0 Å². The van der Waals surface area contributed by atoms with Crippen LogP contribution in [0.1, 0.15) is 0 Å². The minimum atomic E-state index is -4.40. The Morgan fingerprint density at radius 2 is 2.00 bits per heavy atom. The largest absolute Gasteiger partial charge is 0.474 e. The van der Waals surface area contributed by atoms with Crippen molar-refractivity contribution in [3.8, 4) is 0 Å². The number of rotatable bonds is 2. The zero-order chi connectivity index (χ0) is 5.91. The summed E-state index contributed by atoms with van der Waals surface area (Å²) in [7, 11) is -5.56. The molecule has 0 aliphatic rings. The third-order valence-corrected chi connectivity index (χ3v) is 1.44. The summed E-state index contributed by atoms with van der Waals surface area (Å²) in [4.78, 5) is 23.2. The van der Waals surface area contributed by atoms with Crippen LogP contribution in [0.15, 0.2) is 0 Å². The van der Waals surface area contributed by atoms with Crippen molar-refractivity contribution in [1.29, 1.82) is 0 Å². The highest BCUT2D eigenvalue weighted by molar-refractivity contribution is 7.53. The van der Waals surface area contributed by atoms with Gasteiger partial charge in [0.05, 0.1) is 0 Å². The van der Waals surface area contributed by atoms with Crippen molar-refractivity contribution in [3.05, 3.63) is 0 Å². The smallest absolute Gasteiger partial charge is 0.352 e. The topological polar surface area (TPSA) is 87.0 Å². The van der Waals surface area contributed by atoms with Crippen LogP contribution >= 0.6 is 16.9 Å². The van der Waals surface area contributed by atoms with Crippen LogP contribution < -0.4 is 0 Å². The molecule has 7 heavy (non-hydrogen) atoms. The van der Waals surface area contributed by atoms with E-state index >= 15 is 0 Å². The maximum atomic E-state index is 9.55. The van der Waals surface area contributed by atoms with Gasteiger partial charge in [0.15, 0.2) is 9.03 Å². The van der Waals surface area contributed by atoms with E-state index in [9.17, 15) is 4.57 Å². The molecule has 0 aromatic rings. The van der Waals surface area contributed by atoms with Crippen LogP contribution in [0.3, 0.4) is 0 Å². The predicted molar refractivity (Wildman–Crippen MR) is 23.7 cm³/mol. The second-order valence-electron chi connectivity index (χ2n) is 0.673. The molecule has 0 aromatic carbocycles. The van der Waals surface area contributed by atoms with Gasteiger partial charge in [0.2, 0.25) is 0 Å². The fourth-order valence-corrected chi connectivity index (χ4v) is 0.479. The summed E-state index contributed by atoms with van der Waals surface area (Å²) in [5.41, 5.74) is 0. The summed E-state index contributed by atoms with van der Waals surface area (Å²) in [5.74, 6) is 0. The quantitative estimate of drug-likeness (QED) is 0.461. The van der Waals surface area contributed by atoms with Gasteiger partial charge in [-0.1, -0.05) is 0 Å². The Balaban J connectivity index is 3.36. The van der Waals surface area contributed by atoms with E-state index in [0.717, 1.165) is 0 Å². The molecule has 0 heterocycles. The zero-order valence-corrected chi connectivity index (χ0v) is 5.00. The molecule has 0 saturated carbocycles. The average molecular weight is 146 g/mol. The summed E-state index contributed by atoms with van der Waals surface area (Å²) < 4.78 is 13.0. The molecule has 5 nitrogen and oxygen atoms in total. The van der Waals surface area contributed by atoms with Gasteiger partial charge in [-0.25, -0.2) is 8.88 Å². The van der Waals surface area contributed by atoms with Gasteiger partial charge < -0.3 is 14.7 Å². The maximum absolute atomic E-state index is 9.55. The van der Waals surface area contributed by atoms with E-state index in [4.69, 9.17) is 14.7 Å². The van der Waals surface area contributed by atoms with Crippen molar-refractivity contribution >= 4 is 16.9 Å². The predicted octanol–water partition coefficient (Wildman–Crippen LogP) is -0.404. The molecule has 0 fully saturated rings. The standard InChI is InChI=1S/H4O5P2/c1-6-5-7(2,3)4/h1,6H,(H2,2,3,4). The van der Waals surface area contributed by atoms with E-state index in [1.54, 1.807) is 0 Å². The minimum absolute atomic E-state index is 1.15. The molecule has 0 aliphatic heterocycles. The number of phosphoric acid groups is 1. The van der Waals surface area contributed by atoms with E-state index in [1.807, 2.05) is 0 Å². The van der Waals surface area contributed by atoms with Gasteiger partial charge in [-0.3, -0.25) is 0 Å². The van der Waals surface area contributed by atoms with Crippen LogP contribution in [0.25, 0.3) is 0 Å². The first-order valence-electron chi connectivity index (χ1n) is 1.19. The van der Waals surface area contributed by atoms with Gasteiger partial charge in [0.1, 0.15) is 0 Å². The Kier molecular flexibility index (Phi) is 2.92. The molecular formula is H4O5P2. The van der Waals surface area contributed by atoms with Crippen LogP contribution in [0.5, 0.6) is 0 Å². The van der Waals surface area contributed by atoms with Gasteiger partial charge >= 0.3 is 7.82 Å². The molecule has 0 aromatic heterocycles. The molecule has 0 amide bonds. The number of hydrogen-bond acceptors (Lipinski definition) is 3. The Bertz CT molecular complexity index is 80.1. The lowest BCUT2D eigenvalue weighted by atomic mass is 15.7. The molecular weight excluding hydrogens is 142 g/mol. The molecule has 0 spiro atoms. The Hall–Kier alpha value is 0.500. The van der Waals surface area contributed by atoms with Crippen LogP contribution in [0, 0.1) is 0 Å². The first-order chi connectivity index (χ1) is 3.06. The van der Waals surface area contributed by atoms with Crippen molar-refractivity contribution in [2.24, 2.45) is 0 Å². The van der Waals surface area contributed by atoms with E-state index in [2.05, 4.69) is 4.31 Å². The summed E-state index contributed by atoms with van der Waals surface area (Å²) >= 11 is 0. The van der Waals surface area contributed by atoms with Gasteiger partial charge in [-0.2, -0.15) is 0 Å². The van der Waals surface area contributed by atoms with Crippen LogP contribution in [-0.4, -0.2) is 14.7 Å². The molecule has 7 heteroatoms. The lowest BCUT2D eigenvalue weighted by Crippen LogP contribution is -1.72. The van der Waals surface area contributed by atoms with Crippen molar-refractivity contribution in [2.45, 2.75) is 0 Å². The second-order valence-corrected chi connectivity index (χ2v) is 2.57. The lowest BCUT2D eigenvalue weighted by Gasteiger charge is -1.96. The molecule has 0 rings (SSSR count). The van der Waals surface area contributed by atoms with E-state index < -0.39 is 16.9 Å². The highest BCUT2D eigenvalue weighted by Crippen LogP contribution is 2.41. The Labute approximate surface area is 41.5 Å². The van der Waals surface area contributed by atoms with Gasteiger partial charge in [0.25, 0.3) is 0 Å². The fraction of sp³-hybridized carbons (Fsp3) is 0. The van der Waals surface area contributed by atoms with Crippen molar-refractivity contribution in [1.82, 2.24) is 0 Å². The normalized spacial score (nSPS) is 13.6. The molecule has 1 unspecified atom stereocenters. The SMILES string of the molecule is O=P(O)(O)OPO. The monoisotopic (exact) mass is 146 g/mol. The van der Waals surface area contributed by atoms with Gasteiger partial charge in [-0.05, 0) is 0 Å². The molecule has 0 radical (unpaired) electrons. The first kappa shape index (κ1) is 7.50. The first-order valence-corrected chi connectivity index (χ1v) is 3.58. The maximum Gasteiger partial charge on any atom is 0.474 e. The van der Waals surface area contributed by atoms with E-state index in [0.29, 0.717) is 0 Å². The minimum Gasteiger partial charge on any atom is -0.352 e. The Morgan fingerprint density at radius 3 is 2.00 bits per heavy atom. The third-order valence-electron chi connectivity index (χ3n) is 0.160. The summed E-state index contributed by atoms with van der Waals surface area (Å²) in [6.07, 6.45) is 0. The highest BCUT2D eigenvalue weighted by Gasteiger charge is 2.11. The summed E-state index contributed by atoms with van der Waals surface area (Å²) in [6, 6.07) is 0. The third kappa shape index (κ3) is 6.50. The summed E-state index contributed by atoms with van der Waals surface area (Å²) in [6.45, 7) is 0. The molecule has 0 bridgehead atoms. The zero-order valence-electron chi connectivity index (χ0n) is 3.11. The second kappa shape index (κ2) is 2.72. The van der Waals surface area contributed by atoms with Gasteiger partial charge in [0, 0.05) is 0 Å². The highest BCUT2D eigenvalue weighted by atomic mass is 31.2.